The first-order chi connectivity index (χ1) is 10.7. The zero-order chi connectivity index (χ0) is 15.4. The summed E-state index contributed by atoms with van der Waals surface area (Å²) >= 11 is 0. The molecule has 2 unspecified atom stereocenters. The van der Waals surface area contributed by atoms with Crippen molar-refractivity contribution >= 4 is 0 Å². The predicted octanol–water partition coefficient (Wildman–Crippen LogP) is 3.39. The monoisotopic (exact) mass is 296 g/mol. The molecule has 0 radical (unpaired) electrons. The highest BCUT2D eigenvalue weighted by atomic mass is 16.3. The summed E-state index contributed by atoms with van der Waals surface area (Å²) in [7, 11) is 0. The Morgan fingerprint density at radius 3 is 2.91 bits per heavy atom. The number of aromatic nitrogens is 1. The van der Waals surface area contributed by atoms with Crippen LogP contribution in [0.4, 0.5) is 0 Å². The van der Waals surface area contributed by atoms with Crippen molar-refractivity contribution in [3.63, 3.8) is 0 Å². The van der Waals surface area contributed by atoms with Gasteiger partial charge in [0.25, 0.3) is 0 Å². The molecule has 1 saturated carbocycles. The molecule has 116 valence electrons. The molecule has 3 heteroatoms. The van der Waals surface area contributed by atoms with Gasteiger partial charge in [0.05, 0.1) is 0 Å². The Bertz CT molecular complexity index is 614. The average Bonchev–Trinajstić information content (AvgIpc) is 2.95. The fourth-order valence-corrected chi connectivity index (χ4v) is 3.41. The lowest BCUT2D eigenvalue weighted by molar-refractivity contribution is 0.118. The van der Waals surface area contributed by atoms with Crippen molar-refractivity contribution in [3.8, 4) is 11.1 Å². The van der Waals surface area contributed by atoms with Gasteiger partial charge in [-0.2, -0.15) is 0 Å². The van der Waals surface area contributed by atoms with Crippen molar-refractivity contribution < 1.29 is 5.11 Å². The van der Waals surface area contributed by atoms with Crippen LogP contribution in [0.15, 0.2) is 48.8 Å². The molecule has 1 heterocycles. The van der Waals surface area contributed by atoms with E-state index in [1.165, 1.54) is 17.5 Å². The second-order valence-electron chi connectivity index (χ2n) is 6.58. The highest BCUT2D eigenvalue weighted by Gasteiger charge is 2.37. The summed E-state index contributed by atoms with van der Waals surface area (Å²) in [5.74, 6) is 0. The number of rotatable bonds is 5. The number of nitrogens with zero attached hydrogens (tertiary/aromatic N) is 1. The SMILES string of the molecule is CC1(CO)CCCC1NCc1cccc(-c2cccnc2)c1. The average molecular weight is 296 g/mol. The molecular formula is C19H24N2O. The summed E-state index contributed by atoms with van der Waals surface area (Å²) < 4.78 is 0. The lowest BCUT2D eigenvalue weighted by Gasteiger charge is -2.30. The van der Waals surface area contributed by atoms with Gasteiger partial charge in [0.1, 0.15) is 0 Å². The second-order valence-corrected chi connectivity index (χ2v) is 6.58. The summed E-state index contributed by atoms with van der Waals surface area (Å²) in [5.41, 5.74) is 3.64. The Morgan fingerprint density at radius 2 is 2.14 bits per heavy atom. The van der Waals surface area contributed by atoms with E-state index in [0.29, 0.717) is 6.04 Å². The molecule has 1 aromatic carbocycles. The van der Waals surface area contributed by atoms with Crippen LogP contribution in [0.2, 0.25) is 0 Å². The van der Waals surface area contributed by atoms with Crippen LogP contribution in [0, 0.1) is 5.41 Å². The third-order valence-electron chi connectivity index (χ3n) is 4.92. The highest BCUT2D eigenvalue weighted by Crippen LogP contribution is 2.37. The molecule has 2 N–H and O–H groups in total. The van der Waals surface area contributed by atoms with E-state index in [-0.39, 0.29) is 12.0 Å². The van der Waals surface area contributed by atoms with E-state index in [0.717, 1.165) is 24.9 Å². The van der Waals surface area contributed by atoms with Crippen LogP contribution in [-0.2, 0) is 6.54 Å². The van der Waals surface area contributed by atoms with E-state index in [2.05, 4.69) is 47.6 Å². The van der Waals surface area contributed by atoms with Crippen LogP contribution in [0.3, 0.4) is 0 Å². The third-order valence-corrected chi connectivity index (χ3v) is 4.92. The van der Waals surface area contributed by atoms with Gasteiger partial charge in [-0.1, -0.05) is 37.6 Å². The zero-order valence-electron chi connectivity index (χ0n) is 13.1. The molecule has 0 bridgehead atoms. The van der Waals surface area contributed by atoms with Crippen molar-refractivity contribution in [1.29, 1.82) is 0 Å². The lowest BCUT2D eigenvalue weighted by Crippen LogP contribution is -2.41. The Hall–Kier alpha value is -1.71. The Kier molecular flexibility index (Phi) is 4.55. The van der Waals surface area contributed by atoms with Gasteiger partial charge in [0, 0.05) is 37.0 Å². The maximum atomic E-state index is 9.64. The largest absolute Gasteiger partial charge is 0.396 e. The van der Waals surface area contributed by atoms with Gasteiger partial charge in [-0.15, -0.1) is 0 Å². The van der Waals surface area contributed by atoms with E-state index >= 15 is 0 Å². The number of aliphatic hydroxyl groups is 1. The van der Waals surface area contributed by atoms with Gasteiger partial charge < -0.3 is 10.4 Å². The standard InChI is InChI=1S/C19H24N2O/c1-19(14-22)9-3-8-18(19)21-12-15-5-2-6-16(11-15)17-7-4-10-20-13-17/h2,4-7,10-11,13,18,21-22H,3,8-9,12,14H2,1H3. The van der Waals surface area contributed by atoms with Gasteiger partial charge >= 0.3 is 0 Å². The first-order valence-corrected chi connectivity index (χ1v) is 8.05. The molecule has 3 nitrogen and oxygen atoms in total. The van der Waals surface area contributed by atoms with E-state index in [9.17, 15) is 5.11 Å². The highest BCUT2D eigenvalue weighted by molar-refractivity contribution is 5.62. The van der Waals surface area contributed by atoms with Gasteiger partial charge in [0.2, 0.25) is 0 Å². The molecule has 2 aromatic rings. The van der Waals surface area contributed by atoms with Crippen LogP contribution in [0.5, 0.6) is 0 Å². The first kappa shape index (κ1) is 15.2. The Balaban J connectivity index is 1.69. The molecule has 1 fully saturated rings. The van der Waals surface area contributed by atoms with Crippen molar-refractivity contribution in [2.75, 3.05) is 6.61 Å². The lowest BCUT2D eigenvalue weighted by atomic mass is 9.85. The molecule has 1 aliphatic carbocycles. The molecule has 0 amide bonds. The van der Waals surface area contributed by atoms with Crippen LogP contribution < -0.4 is 5.32 Å². The summed E-state index contributed by atoms with van der Waals surface area (Å²) in [5, 5.41) is 13.3. The van der Waals surface area contributed by atoms with Crippen LogP contribution in [0.1, 0.15) is 31.7 Å². The number of hydrogen-bond acceptors (Lipinski definition) is 3. The molecule has 0 aliphatic heterocycles. The minimum Gasteiger partial charge on any atom is -0.396 e. The summed E-state index contributed by atoms with van der Waals surface area (Å²) in [4.78, 5) is 4.19. The topological polar surface area (TPSA) is 45.1 Å². The zero-order valence-corrected chi connectivity index (χ0v) is 13.1. The van der Waals surface area contributed by atoms with E-state index in [4.69, 9.17) is 0 Å². The minimum atomic E-state index is 0.0287. The van der Waals surface area contributed by atoms with Crippen molar-refractivity contribution in [3.05, 3.63) is 54.4 Å². The summed E-state index contributed by atoms with van der Waals surface area (Å²) in [6.07, 6.45) is 7.15. The number of nitrogens with one attached hydrogen (secondary N) is 1. The summed E-state index contributed by atoms with van der Waals surface area (Å²) in [6.45, 7) is 3.29. The number of aliphatic hydroxyl groups excluding tert-OH is 1. The molecule has 0 spiro atoms. The summed E-state index contributed by atoms with van der Waals surface area (Å²) in [6, 6.07) is 13.0. The van der Waals surface area contributed by atoms with Gasteiger partial charge in [-0.3, -0.25) is 4.98 Å². The Morgan fingerprint density at radius 1 is 1.27 bits per heavy atom. The molecule has 3 rings (SSSR count). The number of benzene rings is 1. The predicted molar refractivity (Wildman–Crippen MR) is 89.3 cm³/mol. The van der Waals surface area contributed by atoms with Crippen molar-refractivity contribution in [2.24, 2.45) is 5.41 Å². The van der Waals surface area contributed by atoms with E-state index < -0.39 is 0 Å². The van der Waals surface area contributed by atoms with Crippen LogP contribution in [0.25, 0.3) is 11.1 Å². The Labute approximate surface area is 132 Å². The second kappa shape index (κ2) is 6.59. The van der Waals surface area contributed by atoms with Gasteiger partial charge in [-0.25, -0.2) is 0 Å². The van der Waals surface area contributed by atoms with E-state index in [1.807, 2.05) is 12.3 Å². The maximum Gasteiger partial charge on any atom is 0.0499 e. The van der Waals surface area contributed by atoms with Crippen LogP contribution >= 0.6 is 0 Å². The molecule has 1 aliphatic rings. The van der Waals surface area contributed by atoms with E-state index in [1.54, 1.807) is 6.20 Å². The fraction of sp³-hybridized carbons (Fsp3) is 0.421. The quantitative estimate of drug-likeness (QED) is 0.889. The van der Waals surface area contributed by atoms with Crippen molar-refractivity contribution in [2.45, 2.75) is 38.8 Å². The maximum absolute atomic E-state index is 9.64. The van der Waals surface area contributed by atoms with Crippen LogP contribution in [-0.4, -0.2) is 22.7 Å². The molecular weight excluding hydrogens is 272 g/mol. The molecule has 22 heavy (non-hydrogen) atoms. The smallest absolute Gasteiger partial charge is 0.0499 e. The van der Waals surface area contributed by atoms with Gasteiger partial charge in [-0.05, 0) is 41.7 Å². The fourth-order valence-electron chi connectivity index (χ4n) is 3.41. The van der Waals surface area contributed by atoms with Crippen molar-refractivity contribution in [1.82, 2.24) is 10.3 Å². The third kappa shape index (κ3) is 3.21. The number of hydrogen-bond donors (Lipinski definition) is 2. The molecule has 2 atom stereocenters. The minimum absolute atomic E-state index is 0.0287. The molecule has 0 saturated heterocycles. The van der Waals surface area contributed by atoms with Gasteiger partial charge in [0.15, 0.2) is 0 Å². The normalized spacial score (nSPS) is 24.5. The first-order valence-electron chi connectivity index (χ1n) is 8.05. The molecule has 1 aromatic heterocycles. The number of pyridine rings is 1.